The van der Waals surface area contributed by atoms with Gasteiger partial charge in [0.05, 0.1) is 6.10 Å². The van der Waals surface area contributed by atoms with Crippen molar-refractivity contribution in [1.82, 2.24) is 0 Å². The first-order chi connectivity index (χ1) is 20.0. The maximum Gasteiger partial charge on any atom is 0.342 e. The van der Waals surface area contributed by atoms with E-state index in [-0.39, 0.29) is 12.8 Å². The van der Waals surface area contributed by atoms with E-state index in [0.717, 1.165) is 25.7 Å². The smallest absolute Gasteiger partial charge is 0.342 e. The quantitative estimate of drug-likeness (QED) is 0.130. The third kappa shape index (κ3) is 5.76. The van der Waals surface area contributed by atoms with Crippen molar-refractivity contribution in [3.05, 3.63) is 23.8 Å². The average molecular weight is 607 g/mol. The number of unbranched alkanes of at least 4 members (excludes halogenated alkanes) is 4. The number of ether oxygens (including phenoxy) is 5. The minimum absolute atomic E-state index is 0.0614. The molecule has 0 radical (unpaired) electrons. The van der Waals surface area contributed by atoms with Crippen LogP contribution >= 0.6 is 0 Å². The number of carbonyl (C=O) groups is 4. The maximum atomic E-state index is 13.2. The number of aliphatic hydroxyl groups is 2. The summed E-state index contributed by atoms with van der Waals surface area (Å²) >= 11 is 0. The van der Waals surface area contributed by atoms with Crippen LogP contribution in [0.1, 0.15) is 93.4 Å². The van der Waals surface area contributed by atoms with Crippen LogP contribution in [0, 0.1) is 11.3 Å². The largest absolute Gasteiger partial charge is 0.459 e. The van der Waals surface area contributed by atoms with E-state index in [2.05, 4.69) is 6.92 Å². The van der Waals surface area contributed by atoms with Gasteiger partial charge in [0, 0.05) is 38.0 Å². The molecule has 10 atom stereocenters. The molecule has 43 heavy (non-hydrogen) atoms. The molecule has 0 aromatic heterocycles. The van der Waals surface area contributed by atoms with Crippen molar-refractivity contribution >= 4 is 23.9 Å². The van der Waals surface area contributed by atoms with Gasteiger partial charge in [-0.3, -0.25) is 14.4 Å². The average Bonchev–Trinajstić information content (AvgIpc) is 3.49. The number of epoxide rings is 1. The van der Waals surface area contributed by atoms with Gasteiger partial charge in [0.15, 0.2) is 17.3 Å². The molecule has 4 aliphatic rings. The molecule has 0 bridgehead atoms. The molecule has 10 unspecified atom stereocenters. The monoisotopic (exact) mass is 606 g/mol. The lowest BCUT2D eigenvalue weighted by Crippen LogP contribution is -2.67. The second-order valence-electron chi connectivity index (χ2n) is 13.0. The Bertz CT molecular complexity index is 1190. The molecular weight excluding hydrogens is 560 g/mol. The van der Waals surface area contributed by atoms with Crippen LogP contribution in [0.4, 0.5) is 0 Å². The van der Waals surface area contributed by atoms with Crippen LogP contribution in [-0.4, -0.2) is 81.4 Å². The Kier molecular flexibility index (Phi) is 9.22. The third-order valence-electron chi connectivity index (χ3n) is 9.78. The highest BCUT2D eigenvalue weighted by Gasteiger charge is 2.87. The van der Waals surface area contributed by atoms with E-state index in [4.69, 9.17) is 23.7 Å². The van der Waals surface area contributed by atoms with Crippen LogP contribution in [0.3, 0.4) is 0 Å². The molecule has 11 nitrogen and oxygen atoms in total. The summed E-state index contributed by atoms with van der Waals surface area (Å²) in [5, 5.41) is 24.0. The van der Waals surface area contributed by atoms with Crippen LogP contribution in [0.5, 0.6) is 0 Å². The molecule has 240 valence electrons. The van der Waals surface area contributed by atoms with E-state index >= 15 is 0 Å². The molecule has 0 aromatic rings. The predicted molar refractivity (Wildman–Crippen MR) is 152 cm³/mol. The first kappa shape index (κ1) is 33.1. The van der Waals surface area contributed by atoms with Gasteiger partial charge < -0.3 is 33.9 Å². The van der Waals surface area contributed by atoms with Gasteiger partial charge in [-0.05, 0) is 44.9 Å². The first-order valence-electron chi connectivity index (χ1n) is 15.3. The first-order valence-corrected chi connectivity index (χ1v) is 15.3. The second-order valence-corrected chi connectivity index (χ2v) is 13.0. The fourth-order valence-corrected chi connectivity index (χ4v) is 7.30. The van der Waals surface area contributed by atoms with E-state index in [0.29, 0.717) is 12.0 Å². The highest BCUT2D eigenvalue weighted by molar-refractivity contribution is 5.89. The molecule has 11 heteroatoms. The number of esters is 4. The van der Waals surface area contributed by atoms with Gasteiger partial charge in [0.2, 0.25) is 0 Å². The molecule has 2 fully saturated rings. The number of hydrogen-bond donors (Lipinski definition) is 2. The number of aliphatic hydroxyl groups excluding tert-OH is 1. The third-order valence-corrected chi connectivity index (χ3v) is 9.78. The van der Waals surface area contributed by atoms with Crippen molar-refractivity contribution in [2.75, 3.05) is 0 Å². The summed E-state index contributed by atoms with van der Waals surface area (Å²) in [5.74, 6) is -3.61. The minimum atomic E-state index is -1.92. The lowest BCUT2D eigenvalue weighted by atomic mass is 9.55. The maximum absolute atomic E-state index is 13.2. The van der Waals surface area contributed by atoms with Crippen LogP contribution in [0.25, 0.3) is 0 Å². The normalized spacial score (nSPS) is 41.5. The molecular formula is C32H46O11. The van der Waals surface area contributed by atoms with Crippen molar-refractivity contribution < 1.29 is 53.1 Å². The number of fused-ring (bicyclic) bond motifs is 1. The van der Waals surface area contributed by atoms with E-state index in [9.17, 15) is 29.4 Å². The highest BCUT2D eigenvalue weighted by Crippen LogP contribution is 2.65. The van der Waals surface area contributed by atoms with Gasteiger partial charge in [-0.2, -0.15) is 0 Å². The van der Waals surface area contributed by atoms with Crippen molar-refractivity contribution in [2.24, 2.45) is 11.3 Å². The minimum Gasteiger partial charge on any atom is -0.459 e. The van der Waals surface area contributed by atoms with Gasteiger partial charge in [-0.15, -0.1) is 0 Å². The summed E-state index contributed by atoms with van der Waals surface area (Å²) in [6.07, 6.45) is 3.99. The van der Waals surface area contributed by atoms with Crippen molar-refractivity contribution in [3.63, 3.8) is 0 Å². The lowest BCUT2D eigenvalue weighted by molar-refractivity contribution is -0.216. The number of carbonyl (C=O) groups excluding carboxylic acids is 4. The zero-order valence-corrected chi connectivity index (χ0v) is 26.2. The van der Waals surface area contributed by atoms with E-state index in [1.165, 1.54) is 33.8 Å². The molecule has 2 aliphatic heterocycles. The van der Waals surface area contributed by atoms with Crippen molar-refractivity contribution in [3.8, 4) is 0 Å². The SMILES string of the molecule is CCCCCCCC(=O)OC1CC(O)C2(C)C=CC(OC(C)=O)C(C)(O)C2C(OC(C)=O)C23OC2(C)C(=O)OC3C=C1C. The molecule has 2 N–H and O–H groups in total. The zero-order chi connectivity index (χ0) is 32.0. The van der Waals surface area contributed by atoms with Gasteiger partial charge >= 0.3 is 23.9 Å². The fourth-order valence-electron chi connectivity index (χ4n) is 7.30. The van der Waals surface area contributed by atoms with Crippen LogP contribution in [0.2, 0.25) is 0 Å². The summed E-state index contributed by atoms with van der Waals surface area (Å²) in [7, 11) is 0. The van der Waals surface area contributed by atoms with Gasteiger partial charge in [-0.25, -0.2) is 4.79 Å². The molecule has 2 aliphatic carbocycles. The van der Waals surface area contributed by atoms with E-state index in [1.807, 2.05) is 0 Å². The fraction of sp³-hybridized carbons (Fsp3) is 0.750. The van der Waals surface area contributed by atoms with Crippen LogP contribution in [-0.2, 0) is 42.9 Å². The Morgan fingerprint density at radius 3 is 2.28 bits per heavy atom. The summed E-state index contributed by atoms with van der Waals surface area (Å²) in [5.41, 5.74) is -5.84. The Labute approximate surface area is 252 Å². The molecule has 2 saturated heterocycles. The van der Waals surface area contributed by atoms with Gasteiger partial charge in [-0.1, -0.05) is 45.6 Å². The summed E-state index contributed by atoms with van der Waals surface area (Å²) < 4.78 is 29.2. The topological polar surface area (TPSA) is 158 Å². The predicted octanol–water partition coefficient (Wildman–Crippen LogP) is 3.23. The highest BCUT2D eigenvalue weighted by atomic mass is 16.7. The molecule has 0 saturated carbocycles. The Hall–Kier alpha value is -2.76. The van der Waals surface area contributed by atoms with E-state index in [1.54, 1.807) is 26.0 Å². The van der Waals surface area contributed by atoms with Crippen LogP contribution < -0.4 is 0 Å². The van der Waals surface area contributed by atoms with Crippen LogP contribution in [0.15, 0.2) is 23.8 Å². The Balaban J connectivity index is 1.81. The van der Waals surface area contributed by atoms with Gasteiger partial charge in [0.25, 0.3) is 0 Å². The Morgan fingerprint density at radius 1 is 1.02 bits per heavy atom. The summed E-state index contributed by atoms with van der Waals surface area (Å²) in [4.78, 5) is 50.7. The lowest BCUT2D eigenvalue weighted by Gasteiger charge is -2.54. The van der Waals surface area contributed by atoms with Crippen molar-refractivity contribution in [2.45, 2.75) is 141 Å². The van der Waals surface area contributed by atoms with Gasteiger partial charge in [0.1, 0.15) is 23.9 Å². The van der Waals surface area contributed by atoms with E-state index < -0.39 is 82.5 Å². The summed E-state index contributed by atoms with van der Waals surface area (Å²) in [6.45, 7) is 10.9. The Morgan fingerprint density at radius 2 is 1.67 bits per heavy atom. The zero-order valence-electron chi connectivity index (χ0n) is 26.2. The standard InChI is InChI=1S/C32H46O11/c1-8-9-10-11-12-13-25(36)41-21-17-22(35)29(5)15-14-23(39-19(3)33)30(6,38)26(29)27(40-20(4)34)32-24(16-18(21)2)42-28(37)31(32,7)43-32/h14-16,21-24,26-27,35,38H,8-13,17H2,1-7H3. The number of hydrogen-bond acceptors (Lipinski definition) is 11. The molecule has 4 rings (SSSR count). The summed E-state index contributed by atoms with van der Waals surface area (Å²) in [6, 6.07) is 0. The molecule has 1 spiro atoms. The molecule has 0 aromatic carbocycles. The second kappa shape index (κ2) is 12.0. The molecule has 2 heterocycles. The number of rotatable bonds is 9. The molecule has 0 amide bonds. The van der Waals surface area contributed by atoms with Crippen molar-refractivity contribution in [1.29, 1.82) is 0 Å².